The fraction of sp³-hybridized carbons (Fsp3) is 0.130. The Kier molecular flexibility index (Phi) is 9.02. The van der Waals surface area contributed by atoms with E-state index in [1.165, 1.54) is 33.4 Å². The molecule has 0 aromatic heterocycles. The lowest BCUT2D eigenvalue weighted by Crippen LogP contribution is -2.30. The fourth-order valence-corrected chi connectivity index (χ4v) is 6.91. The lowest BCUT2D eigenvalue weighted by molar-refractivity contribution is -0.456. The number of carbonyl (C=O) groups excluding carboxylic acids is 1. The Balaban J connectivity index is 1.18. The van der Waals surface area contributed by atoms with Crippen molar-refractivity contribution in [2.45, 2.75) is 40.8 Å². The minimum absolute atomic E-state index is 0.207. The number of aryl methyl sites for hydroxylation is 4. The van der Waals surface area contributed by atoms with Gasteiger partial charge in [0, 0.05) is 58.4 Å². The third-order valence-electron chi connectivity index (χ3n) is 9.50. The van der Waals surface area contributed by atoms with Crippen LogP contribution in [0, 0.1) is 27.7 Å². The predicted molar refractivity (Wildman–Crippen MR) is 203 cm³/mol. The summed E-state index contributed by atoms with van der Waals surface area (Å²) in [5, 5.41) is 13.6. The van der Waals surface area contributed by atoms with E-state index < -0.39 is 0 Å². The van der Waals surface area contributed by atoms with Crippen molar-refractivity contribution in [1.82, 2.24) is 0 Å². The number of Topliss-reactive ketones (excluding diaryl/α,β-unsaturated/α-hetero) is 1. The van der Waals surface area contributed by atoms with E-state index >= 15 is 0 Å². The van der Waals surface area contributed by atoms with Crippen LogP contribution in [0.3, 0.4) is 0 Å². The topological polar surface area (TPSA) is 46.4 Å². The number of rotatable bonds is 8. The smallest absolute Gasteiger partial charge is 0.208 e. The summed E-state index contributed by atoms with van der Waals surface area (Å²) >= 11 is 0. The maximum Gasteiger partial charge on any atom is 0.208 e. The Hall–Kier alpha value is -6.00. The summed E-state index contributed by atoms with van der Waals surface area (Å²) in [4.78, 5) is 15.9. The van der Waals surface area contributed by atoms with Gasteiger partial charge in [0.1, 0.15) is 0 Å². The van der Waals surface area contributed by atoms with Gasteiger partial charge in [-0.2, -0.15) is 4.58 Å². The molecule has 0 atom stereocenters. The molecule has 0 N–H and O–H groups in total. The number of nitrogens with zero attached hydrogens (tertiary/aromatic N) is 2. The van der Waals surface area contributed by atoms with E-state index in [9.17, 15) is 9.90 Å². The molecule has 2 aliphatic carbocycles. The van der Waals surface area contributed by atoms with Gasteiger partial charge in [0.15, 0.2) is 12.3 Å². The van der Waals surface area contributed by atoms with Gasteiger partial charge < -0.3 is 10.0 Å². The first-order chi connectivity index (χ1) is 24.3. The summed E-state index contributed by atoms with van der Waals surface area (Å²) in [6, 6.07) is 41.5. The van der Waals surface area contributed by atoms with Gasteiger partial charge in [-0.3, -0.25) is 4.79 Å². The van der Waals surface area contributed by atoms with Gasteiger partial charge in [-0.05, 0) is 86.4 Å². The van der Waals surface area contributed by atoms with Crippen LogP contribution in [0.4, 0.5) is 17.1 Å². The average Bonchev–Trinajstić information content (AvgIpc) is 3.12. The largest absolute Gasteiger partial charge is 0.871 e. The van der Waals surface area contributed by atoms with Gasteiger partial charge in [-0.1, -0.05) is 108 Å². The average molecular weight is 653 g/mol. The van der Waals surface area contributed by atoms with Crippen LogP contribution < -0.4 is 10.0 Å². The Morgan fingerprint density at radius 1 is 0.620 bits per heavy atom. The van der Waals surface area contributed by atoms with Crippen molar-refractivity contribution in [3.05, 3.63) is 201 Å². The third kappa shape index (κ3) is 6.53. The molecule has 2 aliphatic rings. The number of hydrogen-bond acceptors (Lipinski definition) is 3. The first-order valence-corrected chi connectivity index (χ1v) is 17.1. The van der Waals surface area contributed by atoms with Crippen LogP contribution in [0.2, 0.25) is 0 Å². The molecule has 7 rings (SSSR count). The fourth-order valence-electron chi connectivity index (χ4n) is 6.91. The normalized spacial score (nSPS) is 13.9. The summed E-state index contributed by atoms with van der Waals surface area (Å²) in [5.41, 5.74) is 13.2. The number of hydrogen-bond donors (Lipinski definition) is 0. The second-order valence-electron chi connectivity index (χ2n) is 13.2. The van der Waals surface area contributed by atoms with Crippen LogP contribution in [0.15, 0.2) is 163 Å². The maximum absolute atomic E-state index is 13.6. The van der Waals surface area contributed by atoms with Crippen LogP contribution in [-0.2, 0) is 17.9 Å². The summed E-state index contributed by atoms with van der Waals surface area (Å²) in [6.45, 7) is 9.85. The molecule has 0 fully saturated rings. The van der Waals surface area contributed by atoms with E-state index in [1.54, 1.807) is 0 Å². The number of carbonyl (C=O) groups is 1. The molecule has 5 aromatic carbocycles. The molecule has 50 heavy (non-hydrogen) atoms. The molecular weight excluding hydrogens is 613 g/mol. The molecule has 0 spiro atoms. The molecule has 4 heteroatoms. The Labute approximate surface area is 295 Å². The number of anilines is 2. The van der Waals surface area contributed by atoms with Crippen molar-refractivity contribution < 1.29 is 14.5 Å². The Morgan fingerprint density at radius 2 is 1.22 bits per heavy atom. The van der Waals surface area contributed by atoms with Crippen molar-refractivity contribution in [3.63, 3.8) is 0 Å². The predicted octanol–water partition coefficient (Wildman–Crippen LogP) is 9.32. The third-order valence-corrected chi connectivity index (χ3v) is 9.50. The molecular formula is C46H40N2O2. The summed E-state index contributed by atoms with van der Waals surface area (Å²) < 4.78 is 2.28. The molecule has 246 valence electrons. The highest BCUT2D eigenvalue weighted by Crippen LogP contribution is 2.39. The highest BCUT2D eigenvalue weighted by molar-refractivity contribution is 6.39. The summed E-state index contributed by atoms with van der Waals surface area (Å²) in [5.74, 6) is -0.414. The minimum atomic E-state index is -0.207. The van der Waals surface area contributed by atoms with Crippen LogP contribution in [0.1, 0.15) is 38.9 Å². The summed E-state index contributed by atoms with van der Waals surface area (Å²) in [7, 11) is 0. The second kappa shape index (κ2) is 13.9. The Bertz CT molecular complexity index is 2240. The standard InChI is InChI=1S/C46H40N2O2/c1-31-15-25-41(33(3)27-31)47(29-35-11-7-5-8-12-35)39-21-17-37(18-22-39)43-45(49)44(46(43)50)38-19-23-40(24-20-38)48(30-36-13-9-6-10-14-36)42-26-16-32(2)28-34(42)4/h5-28H,29-30H2,1-4H3. The maximum atomic E-state index is 13.6. The van der Waals surface area contributed by atoms with Crippen molar-refractivity contribution in [3.8, 4) is 0 Å². The van der Waals surface area contributed by atoms with Crippen molar-refractivity contribution in [2.24, 2.45) is 0 Å². The van der Waals surface area contributed by atoms with Gasteiger partial charge >= 0.3 is 0 Å². The second-order valence-corrected chi connectivity index (χ2v) is 13.2. The molecule has 0 unspecified atom stereocenters. The van der Waals surface area contributed by atoms with Crippen LogP contribution in [0.25, 0.3) is 5.57 Å². The molecule has 0 radical (unpaired) electrons. The van der Waals surface area contributed by atoms with Crippen LogP contribution >= 0.6 is 0 Å². The van der Waals surface area contributed by atoms with Gasteiger partial charge in [-0.25, -0.2) is 0 Å². The zero-order valence-electron chi connectivity index (χ0n) is 29.0. The zero-order chi connectivity index (χ0) is 34.8. The van der Waals surface area contributed by atoms with Crippen LogP contribution in [-0.4, -0.2) is 16.1 Å². The number of ketones is 1. The van der Waals surface area contributed by atoms with Crippen LogP contribution in [0.5, 0.6) is 0 Å². The molecule has 0 heterocycles. The monoisotopic (exact) mass is 652 g/mol. The van der Waals surface area contributed by atoms with Gasteiger partial charge in [0.2, 0.25) is 11.4 Å². The first kappa shape index (κ1) is 32.5. The van der Waals surface area contributed by atoms with E-state index in [2.05, 4.69) is 122 Å². The van der Waals surface area contributed by atoms with Gasteiger partial charge in [0.05, 0.1) is 0 Å². The van der Waals surface area contributed by atoms with Crippen molar-refractivity contribution >= 4 is 34.1 Å². The zero-order valence-corrected chi connectivity index (χ0v) is 29.0. The minimum Gasteiger partial charge on any atom is -0.871 e. The molecule has 5 aromatic rings. The van der Waals surface area contributed by atoms with E-state index in [0.717, 1.165) is 22.8 Å². The molecule has 0 saturated carbocycles. The number of benzene rings is 5. The highest BCUT2D eigenvalue weighted by Gasteiger charge is 2.31. The number of allylic oxidation sites excluding steroid dienone is 7. The van der Waals surface area contributed by atoms with Gasteiger partial charge in [-0.15, -0.1) is 0 Å². The molecule has 0 bridgehead atoms. The quantitative estimate of drug-likeness (QED) is 0.124. The molecule has 0 aliphatic heterocycles. The molecule has 0 amide bonds. The highest BCUT2D eigenvalue weighted by atomic mass is 16.3. The van der Waals surface area contributed by atoms with E-state index in [-0.39, 0.29) is 22.7 Å². The summed E-state index contributed by atoms with van der Waals surface area (Å²) in [6.07, 6.45) is 7.80. The SMILES string of the molecule is Cc1ccc(N(Cc2ccccc2)c2ccc(C3=C([O-])C(=C4C=CC(=[N+](Cc5ccccc5)c5ccc(C)cc5C)C=C4)C3=O)cc2)c(C)c1. The van der Waals surface area contributed by atoms with Gasteiger partial charge in [0.25, 0.3) is 0 Å². The van der Waals surface area contributed by atoms with E-state index in [0.29, 0.717) is 24.2 Å². The molecule has 4 nitrogen and oxygen atoms in total. The Morgan fingerprint density at radius 3 is 1.82 bits per heavy atom. The van der Waals surface area contributed by atoms with Crippen molar-refractivity contribution in [2.75, 3.05) is 4.90 Å². The van der Waals surface area contributed by atoms with E-state index in [4.69, 9.17) is 0 Å². The lowest BCUT2D eigenvalue weighted by atomic mass is 9.80. The molecule has 0 saturated heterocycles. The first-order valence-electron chi connectivity index (χ1n) is 17.1. The lowest BCUT2D eigenvalue weighted by Gasteiger charge is -2.32. The van der Waals surface area contributed by atoms with E-state index in [1.807, 2.05) is 60.7 Å². The van der Waals surface area contributed by atoms with Crippen molar-refractivity contribution in [1.29, 1.82) is 0 Å².